The molecule has 6 heteroatoms. The number of hydrogen-bond acceptors (Lipinski definition) is 5. The Hall–Kier alpha value is -1.05. The minimum atomic E-state index is 0.400. The van der Waals surface area contributed by atoms with Crippen molar-refractivity contribution in [2.24, 2.45) is 0 Å². The van der Waals surface area contributed by atoms with Crippen molar-refractivity contribution in [2.75, 3.05) is 0 Å². The highest BCUT2D eigenvalue weighted by atomic mass is 127. The number of rotatable bonds is 1. The van der Waals surface area contributed by atoms with Crippen LogP contribution in [-0.4, -0.2) is 20.3 Å². The maximum Gasteiger partial charge on any atom is 0.279 e. The molecule has 0 saturated heterocycles. The Balaban J connectivity index is 2.41. The number of hydrogen-bond donors (Lipinski definition) is 0. The molecule has 2 aromatic rings. The summed E-state index contributed by atoms with van der Waals surface area (Å²) in [7, 11) is 0. The van der Waals surface area contributed by atoms with Gasteiger partial charge in [0.05, 0.1) is 5.69 Å². The number of aryl methyl sites for hydroxylation is 1. The van der Waals surface area contributed by atoms with Crippen LogP contribution in [0.4, 0.5) is 0 Å². The molecule has 2 aromatic heterocycles. The van der Waals surface area contributed by atoms with Gasteiger partial charge >= 0.3 is 0 Å². The van der Waals surface area contributed by atoms with Crippen LogP contribution in [0.2, 0.25) is 0 Å². The lowest BCUT2D eigenvalue weighted by Gasteiger charge is -1.91. The average Bonchev–Trinajstić information content (AvgIpc) is 2.53. The summed E-state index contributed by atoms with van der Waals surface area (Å²) >= 11 is 1.97. The first-order chi connectivity index (χ1) is 6.25. The number of halogens is 1. The molecule has 0 aliphatic rings. The van der Waals surface area contributed by atoms with E-state index in [4.69, 9.17) is 4.52 Å². The van der Waals surface area contributed by atoms with Crippen molar-refractivity contribution in [2.45, 2.75) is 6.92 Å². The van der Waals surface area contributed by atoms with E-state index >= 15 is 0 Å². The third-order valence-corrected chi connectivity index (χ3v) is 1.86. The molecule has 2 rings (SSSR count). The summed E-state index contributed by atoms with van der Waals surface area (Å²) in [6, 6.07) is 3.64. The van der Waals surface area contributed by atoms with E-state index in [1.54, 1.807) is 6.07 Å². The van der Waals surface area contributed by atoms with E-state index in [1.807, 2.05) is 35.6 Å². The lowest BCUT2D eigenvalue weighted by Crippen LogP contribution is -1.89. The van der Waals surface area contributed by atoms with Gasteiger partial charge in [0.15, 0.2) is 5.69 Å². The van der Waals surface area contributed by atoms with Crippen LogP contribution in [-0.2, 0) is 0 Å². The molecule has 66 valence electrons. The third-order valence-electron chi connectivity index (χ3n) is 1.42. The Morgan fingerprint density at radius 2 is 2.15 bits per heavy atom. The van der Waals surface area contributed by atoms with Gasteiger partial charge in [-0.2, -0.15) is 10.1 Å². The van der Waals surface area contributed by atoms with Crippen LogP contribution >= 0.6 is 22.6 Å². The highest BCUT2D eigenvalue weighted by Gasteiger charge is 2.07. The fourth-order valence-electron chi connectivity index (χ4n) is 0.823. The number of nitrogens with zero attached hydrogens (tertiary/aromatic N) is 4. The summed E-state index contributed by atoms with van der Waals surface area (Å²) in [5, 5.41) is 11.4. The molecule has 0 saturated carbocycles. The van der Waals surface area contributed by atoms with Crippen LogP contribution in [0, 0.1) is 10.8 Å². The minimum Gasteiger partial charge on any atom is -0.331 e. The van der Waals surface area contributed by atoms with Crippen molar-refractivity contribution < 1.29 is 4.52 Å². The molecule has 0 aromatic carbocycles. The van der Waals surface area contributed by atoms with E-state index in [0.717, 1.165) is 5.69 Å². The van der Waals surface area contributed by atoms with Gasteiger partial charge in [0.25, 0.3) is 5.89 Å². The van der Waals surface area contributed by atoms with Gasteiger partial charge in [0, 0.05) is 22.6 Å². The quantitative estimate of drug-likeness (QED) is 0.743. The monoisotopic (exact) mass is 288 g/mol. The lowest BCUT2D eigenvalue weighted by atomic mass is 10.3. The summed E-state index contributed by atoms with van der Waals surface area (Å²) in [5.41, 5.74) is 1.46. The first-order valence-corrected chi connectivity index (χ1v) is 4.63. The first kappa shape index (κ1) is 8.54. The molecule has 2 heterocycles. The maximum absolute atomic E-state index is 4.92. The highest BCUT2D eigenvalue weighted by molar-refractivity contribution is 14.1. The predicted molar refractivity (Wildman–Crippen MR) is 52.8 cm³/mol. The normalized spacial score (nSPS) is 10.3. The van der Waals surface area contributed by atoms with Crippen LogP contribution in [0.25, 0.3) is 11.6 Å². The van der Waals surface area contributed by atoms with Gasteiger partial charge in [0.2, 0.25) is 3.83 Å². The predicted octanol–water partition coefficient (Wildman–Crippen LogP) is 1.44. The van der Waals surface area contributed by atoms with E-state index in [1.165, 1.54) is 0 Å². The summed E-state index contributed by atoms with van der Waals surface area (Å²) in [4.78, 5) is 4.02. The van der Waals surface area contributed by atoms with Crippen molar-refractivity contribution in [1.82, 2.24) is 20.3 Å². The van der Waals surface area contributed by atoms with Crippen molar-refractivity contribution in [3.8, 4) is 11.6 Å². The second-order valence-electron chi connectivity index (χ2n) is 2.43. The Morgan fingerprint density at radius 1 is 1.31 bits per heavy atom. The van der Waals surface area contributed by atoms with Crippen LogP contribution < -0.4 is 0 Å². The first-order valence-electron chi connectivity index (χ1n) is 3.55. The molecule has 0 amide bonds. The lowest BCUT2D eigenvalue weighted by molar-refractivity contribution is 0.424. The molecule has 0 bridgehead atoms. The molecule has 0 spiro atoms. The third kappa shape index (κ3) is 1.82. The zero-order chi connectivity index (χ0) is 9.26. The Bertz CT molecular complexity index is 411. The molecule has 0 unspecified atom stereocenters. The minimum absolute atomic E-state index is 0.400. The zero-order valence-corrected chi connectivity index (χ0v) is 8.89. The standard InChI is InChI=1S/C7H5IN4O/c1-4-2-3-5(11-10-4)6-9-7(8)12-13-6/h2-3H,1H3. The van der Waals surface area contributed by atoms with Gasteiger partial charge in [-0.3, -0.25) is 0 Å². The molecule has 0 fully saturated rings. The summed E-state index contributed by atoms with van der Waals surface area (Å²) in [5.74, 6) is 0.400. The van der Waals surface area contributed by atoms with Crippen LogP contribution in [0.5, 0.6) is 0 Å². The van der Waals surface area contributed by atoms with Gasteiger partial charge in [-0.25, -0.2) is 0 Å². The van der Waals surface area contributed by atoms with Crippen molar-refractivity contribution in [1.29, 1.82) is 0 Å². The van der Waals surface area contributed by atoms with E-state index in [0.29, 0.717) is 15.4 Å². The molecule has 0 radical (unpaired) electrons. The molecule has 13 heavy (non-hydrogen) atoms. The molecule has 5 nitrogen and oxygen atoms in total. The van der Waals surface area contributed by atoms with Gasteiger partial charge < -0.3 is 4.52 Å². The van der Waals surface area contributed by atoms with Gasteiger partial charge in [-0.15, -0.1) is 5.10 Å². The topological polar surface area (TPSA) is 64.7 Å². The Labute approximate surface area is 87.7 Å². The van der Waals surface area contributed by atoms with Crippen molar-refractivity contribution >= 4 is 22.6 Å². The van der Waals surface area contributed by atoms with Gasteiger partial charge in [0.1, 0.15) is 0 Å². The van der Waals surface area contributed by atoms with Gasteiger partial charge in [-0.05, 0) is 19.1 Å². The second-order valence-corrected chi connectivity index (χ2v) is 3.39. The van der Waals surface area contributed by atoms with E-state index < -0.39 is 0 Å². The maximum atomic E-state index is 4.92. The van der Waals surface area contributed by atoms with Crippen LogP contribution in [0.1, 0.15) is 5.69 Å². The summed E-state index contributed by atoms with van der Waals surface area (Å²) < 4.78 is 5.48. The molecule has 0 atom stereocenters. The SMILES string of the molecule is Cc1ccc(-c2nc(I)no2)nn1. The number of aromatic nitrogens is 4. The highest BCUT2D eigenvalue weighted by Crippen LogP contribution is 2.13. The Morgan fingerprint density at radius 3 is 2.69 bits per heavy atom. The molecular formula is C7H5IN4O. The molecule has 0 N–H and O–H groups in total. The van der Waals surface area contributed by atoms with Gasteiger partial charge in [-0.1, -0.05) is 5.16 Å². The van der Waals surface area contributed by atoms with E-state index in [2.05, 4.69) is 20.3 Å². The van der Waals surface area contributed by atoms with E-state index in [9.17, 15) is 0 Å². The van der Waals surface area contributed by atoms with Crippen LogP contribution in [0.15, 0.2) is 16.7 Å². The van der Waals surface area contributed by atoms with Crippen molar-refractivity contribution in [3.05, 3.63) is 21.7 Å². The average molecular weight is 288 g/mol. The molecule has 0 aliphatic heterocycles. The Kier molecular flexibility index (Phi) is 2.21. The fraction of sp³-hybridized carbons (Fsp3) is 0.143. The largest absolute Gasteiger partial charge is 0.331 e. The van der Waals surface area contributed by atoms with Crippen molar-refractivity contribution in [3.63, 3.8) is 0 Å². The second kappa shape index (κ2) is 3.36. The van der Waals surface area contributed by atoms with E-state index in [-0.39, 0.29) is 0 Å². The fourth-order valence-corrected chi connectivity index (χ4v) is 1.14. The smallest absolute Gasteiger partial charge is 0.279 e. The zero-order valence-electron chi connectivity index (χ0n) is 6.73. The summed E-state index contributed by atoms with van der Waals surface area (Å²) in [6.07, 6.45) is 0. The van der Waals surface area contributed by atoms with Crippen LogP contribution in [0.3, 0.4) is 0 Å². The molecule has 0 aliphatic carbocycles. The summed E-state index contributed by atoms with van der Waals surface area (Å²) in [6.45, 7) is 1.87. The molecular weight excluding hydrogens is 283 g/mol.